The predicted molar refractivity (Wildman–Crippen MR) is 74.6 cm³/mol. The number of carboxylic acid groups (broad SMARTS) is 1. The molecule has 0 saturated carbocycles. The Labute approximate surface area is 117 Å². The second-order valence-electron chi connectivity index (χ2n) is 4.39. The zero-order valence-electron chi connectivity index (χ0n) is 10.9. The van der Waals surface area contributed by atoms with Crippen LogP contribution in [0.2, 0.25) is 5.02 Å². The second kappa shape index (κ2) is 6.98. The van der Waals surface area contributed by atoms with Crippen LogP contribution in [0.1, 0.15) is 5.56 Å². The van der Waals surface area contributed by atoms with E-state index in [9.17, 15) is 4.79 Å². The van der Waals surface area contributed by atoms with Crippen molar-refractivity contribution in [2.24, 2.45) is 0 Å². The van der Waals surface area contributed by atoms with Crippen molar-refractivity contribution in [3.8, 4) is 6.07 Å². The summed E-state index contributed by atoms with van der Waals surface area (Å²) in [5.74, 6) is -0.903. The van der Waals surface area contributed by atoms with E-state index >= 15 is 0 Å². The molecule has 1 aromatic carbocycles. The largest absolute Gasteiger partial charge is 0.480 e. The van der Waals surface area contributed by atoms with E-state index in [1.807, 2.05) is 25.1 Å². The Morgan fingerprint density at radius 2 is 2.11 bits per heavy atom. The van der Waals surface area contributed by atoms with Crippen LogP contribution in [0.5, 0.6) is 0 Å². The van der Waals surface area contributed by atoms with Gasteiger partial charge in [0.25, 0.3) is 0 Å². The molecule has 0 saturated heterocycles. The van der Waals surface area contributed by atoms with Gasteiger partial charge in [-0.05, 0) is 32.3 Å². The quantitative estimate of drug-likeness (QED) is 0.859. The van der Waals surface area contributed by atoms with E-state index < -0.39 is 5.97 Å². The molecule has 0 radical (unpaired) electrons. The number of anilines is 1. The zero-order valence-corrected chi connectivity index (χ0v) is 11.7. The highest BCUT2D eigenvalue weighted by atomic mass is 35.5. The van der Waals surface area contributed by atoms with Crippen molar-refractivity contribution in [2.75, 3.05) is 38.6 Å². The maximum atomic E-state index is 10.9. The van der Waals surface area contributed by atoms with Crippen molar-refractivity contribution in [1.82, 2.24) is 4.90 Å². The van der Waals surface area contributed by atoms with Crippen LogP contribution in [0.3, 0.4) is 0 Å². The molecule has 0 atom stereocenters. The number of carbonyl (C=O) groups is 1. The van der Waals surface area contributed by atoms with Gasteiger partial charge in [-0.2, -0.15) is 5.26 Å². The fraction of sp³-hybridized carbons (Fsp3) is 0.385. The Morgan fingerprint density at radius 1 is 1.42 bits per heavy atom. The Bertz CT molecular complexity index is 497. The molecule has 0 unspecified atom stereocenters. The number of benzene rings is 1. The normalized spacial score (nSPS) is 10.3. The first-order valence-corrected chi connectivity index (χ1v) is 6.13. The highest BCUT2D eigenvalue weighted by Gasteiger charge is 2.12. The number of hydrogen-bond acceptors (Lipinski definition) is 4. The lowest BCUT2D eigenvalue weighted by atomic mass is 10.2. The third kappa shape index (κ3) is 4.78. The first kappa shape index (κ1) is 15.3. The SMILES string of the molecule is CN(C)CCN(CC(=O)O)c1ccc(C#N)c(Cl)c1. The Balaban J connectivity index is 2.93. The molecule has 0 amide bonds. The lowest BCUT2D eigenvalue weighted by molar-refractivity contribution is -0.135. The smallest absolute Gasteiger partial charge is 0.323 e. The fourth-order valence-electron chi connectivity index (χ4n) is 1.57. The van der Waals surface area contributed by atoms with Gasteiger partial charge >= 0.3 is 5.97 Å². The molecular weight excluding hydrogens is 266 g/mol. The molecule has 6 heteroatoms. The average molecular weight is 282 g/mol. The highest BCUT2D eigenvalue weighted by molar-refractivity contribution is 6.32. The number of likely N-dealkylation sites (N-methyl/N-ethyl adjacent to an activating group) is 1. The van der Waals surface area contributed by atoms with E-state index in [1.165, 1.54) is 0 Å². The number of rotatable bonds is 6. The van der Waals surface area contributed by atoms with Crippen LogP contribution in [0, 0.1) is 11.3 Å². The minimum Gasteiger partial charge on any atom is -0.480 e. The second-order valence-corrected chi connectivity index (χ2v) is 4.80. The number of aliphatic carboxylic acids is 1. The van der Waals surface area contributed by atoms with E-state index in [0.717, 1.165) is 6.54 Å². The van der Waals surface area contributed by atoms with Gasteiger partial charge in [-0.25, -0.2) is 0 Å². The van der Waals surface area contributed by atoms with Gasteiger partial charge in [0.2, 0.25) is 0 Å². The van der Waals surface area contributed by atoms with Crippen LogP contribution >= 0.6 is 11.6 Å². The van der Waals surface area contributed by atoms with E-state index in [2.05, 4.69) is 0 Å². The van der Waals surface area contributed by atoms with Crippen LogP contribution in [-0.2, 0) is 4.79 Å². The van der Waals surface area contributed by atoms with Crippen LogP contribution in [-0.4, -0.2) is 49.7 Å². The molecule has 19 heavy (non-hydrogen) atoms. The van der Waals surface area contributed by atoms with Crippen molar-refractivity contribution in [2.45, 2.75) is 0 Å². The summed E-state index contributed by atoms with van der Waals surface area (Å²) in [7, 11) is 3.84. The Kier molecular flexibility index (Phi) is 5.61. The van der Waals surface area contributed by atoms with E-state index in [4.69, 9.17) is 22.0 Å². The summed E-state index contributed by atoms with van der Waals surface area (Å²) in [6, 6.07) is 6.91. The van der Waals surface area contributed by atoms with E-state index in [0.29, 0.717) is 22.8 Å². The van der Waals surface area contributed by atoms with Crippen molar-refractivity contribution in [1.29, 1.82) is 5.26 Å². The molecule has 5 nitrogen and oxygen atoms in total. The summed E-state index contributed by atoms with van der Waals surface area (Å²) in [6.07, 6.45) is 0. The number of nitriles is 1. The third-order valence-corrected chi connectivity index (χ3v) is 2.89. The predicted octanol–water partition coefficient (Wildman–Crippen LogP) is 1.66. The molecule has 0 aliphatic rings. The van der Waals surface area contributed by atoms with Gasteiger partial charge in [-0.3, -0.25) is 4.79 Å². The topological polar surface area (TPSA) is 67.6 Å². The lowest BCUT2D eigenvalue weighted by Gasteiger charge is -2.24. The molecule has 1 aromatic rings. The van der Waals surface area contributed by atoms with Crippen molar-refractivity contribution >= 4 is 23.3 Å². The summed E-state index contributed by atoms with van der Waals surface area (Å²) in [5.41, 5.74) is 1.08. The van der Waals surface area contributed by atoms with E-state index in [1.54, 1.807) is 23.1 Å². The minimum absolute atomic E-state index is 0.101. The molecule has 1 N–H and O–H groups in total. The first-order chi connectivity index (χ1) is 8.93. The Morgan fingerprint density at radius 3 is 2.58 bits per heavy atom. The van der Waals surface area contributed by atoms with Crippen LogP contribution in [0.25, 0.3) is 0 Å². The molecule has 0 fully saturated rings. The number of carboxylic acids is 1. The van der Waals surface area contributed by atoms with Gasteiger partial charge in [0.1, 0.15) is 12.6 Å². The summed E-state index contributed by atoms with van der Waals surface area (Å²) < 4.78 is 0. The maximum absolute atomic E-state index is 10.9. The van der Waals surface area contributed by atoms with Gasteiger partial charge in [0.15, 0.2) is 0 Å². The highest BCUT2D eigenvalue weighted by Crippen LogP contribution is 2.23. The number of nitrogens with zero attached hydrogens (tertiary/aromatic N) is 3. The van der Waals surface area contributed by atoms with Crippen LogP contribution < -0.4 is 4.90 Å². The third-order valence-electron chi connectivity index (χ3n) is 2.58. The standard InChI is InChI=1S/C13H16ClN3O2/c1-16(2)5-6-17(9-13(18)19)11-4-3-10(8-15)12(14)7-11/h3-4,7H,5-6,9H2,1-2H3,(H,18,19). The number of halogens is 1. The number of hydrogen-bond donors (Lipinski definition) is 1. The van der Waals surface area contributed by atoms with E-state index in [-0.39, 0.29) is 6.54 Å². The molecule has 0 aliphatic carbocycles. The molecule has 0 spiro atoms. The maximum Gasteiger partial charge on any atom is 0.323 e. The molecule has 0 heterocycles. The molecule has 0 bridgehead atoms. The van der Waals surface area contributed by atoms with Gasteiger partial charge in [-0.1, -0.05) is 11.6 Å². The van der Waals surface area contributed by atoms with Crippen molar-refractivity contribution in [3.05, 3.63) is 28.8 Å². The van der Waals surface area contributed by atoms with Crippen molar-refractivity contribution in [3.63, 3.8) is 0 Å². The summed E-state index contributed by atoms with van der Waals surface area (Å²) in [4.78, 5) is 14.6. The summed E-state index contributed by atoms with van der Waals surface area (Å²) >= 11 is 5.97. The molecule has 102 valence electrons. The minimum atomic E-state index is -0.903. The molecule has 0 aliphatic heterocycles. The van der Waals surface area contributed by atoms with Crippen LogP contribution in [0.15, 0.2) is 18.2 Å². The zero-order chi connectivity index (χ0) is 14.4. The fourth-order valence-corrected chi connectivity index (χ4v) is 1.79. The Hall–Kier alpha value is -1.77. The van der Waals surface area contributed by atoms with Gasteiger partial charge in [0.05, 0.1) is 10.6 Å². The lowest BCUT2D eigenvalue weighted by Crippen LogP contribution is -2.35. The summed E-state index contributed by atoms with van der Waals surface area (Å²) in [5, 5.41) is 18.1. The summed E-state index contributed by atoms with van der Waals surface area (Å²) in [6.45, 7) is 1.20. The molecule has 0 aromatic heterocycles. The van der Waals surface area contributed by atoms with Gasteiger partial charge in [-0.15, -0.1) is 0 Å². The average Bonchev–Trinajstić information content (AvgIpc) is 2.33. The van der Waals surface area contributed by atoms with Crippen molar-refractivity contribution < 1.29 is 9.90 Å². The van der Waals surface area contributed by atoms with Crippen LogP contribution in [0.4, 0.5) is 5.69 Å². The first-order valence-electron chi connectivity index (χ1n) is 5.75. The van der Waals surface area contributed by atoms with Gasteiger partial charge in [0, 0.05) is 18.8 Å². The molecule has 1 rings (SSSR count). The molecular formula is C13H16ClN3O2. The monoisotopic (exact) mass is 281 g/mol. The van der Waals surface area contributed by atoms with Gasteiger partial charge < -0.3 is 14.9 Å².